The van der Waals surface area contributed by atoms with Gasteiger partial charge in [0, 0.05) is 12.5 Å². The molecule has 0 saturated carbocycles. The molecule has 0 radical (unpaired) electrons. The van der Waals surface area contributed by atoms with Gasteiger partial charge in [-0.1, -0.05) is 0 Å². The van der Waals surface area contributed by atoms with E-state index < -0.39 is 18.5 Å². The van der Waals surface area contributed by atoms with Crippen molar-refractivity contribution < 1.29 is 19.5 Å². The van der Waals surface area contributed by atoms with Crippen LogP contribution in [0.4, 0.5) is 0 Å². The van der Waals surface area contributed by atoms with Crippen molar-refractivity contribution in [2.75, 3.05) is 6.61 Å². The Morgan fingerprint density at radius 1 is 1.67 bits per heavy atom. The van der Waals surface area contributed by atoms with E-state index in [1.54, 1.807) is 6.92 Å². The van der Waals surface area contributed by atoms with Crippen LogP contribution in [-0.4, -0.2) is 29.6 Å². The molecular weight excluding hydrogens is 164 g/mol. The molecule has 0 aliphatic rings. The smallest absolute Gasteiger partial charge is 0.332 e. The van der Waals surface area contributed by atoms with Crippen LogP contribution in [0.5, 0.6) is 0 Å². The number of nitrogens with two attached hydrogens (primary N) is 1. The number of carbonyl (C=O) groups excluding carboxylic acids is 1. The first-order valence-corrected chi connectivity index (χ1v) is 3.40. The van der Waals surface area contributed by atoms with E-state index in [0.717, 1.165) is 0 Å². The molecule has 6 nitrogen and oxygen atoms in total. The van der Waals surface area contributed by atoms with Crippen LogP contribution in [-0.2, 0) is 14.4 Å². The predicted octanol–water partition coefficient (Wildman–Crippen LogP) is -1.14. The zero-order chi connectivity index (χ0) is 9.56. The van der Waals surface area contributed by atoms with Gasteiger partial charge in [-0.3, -0.25) is 9.63 Å². The van der Waals surface area contributed by atoms with E-state index in [2.05, 4.69) is 4.84 Å². The first kappa shape index (κ1) is 10.9. The van der Waals surface area contributed by atoms with Gasteiger partial charge < -0.3 is 10.8 Å². The maximum atomic E-state index is 10.7. The molecule has 0 aromatic heterocycles. The second kappa shape index (κ2) is 5.50. The fourth-order valence-corrected chi connectivity index (χ4v) is 0.512. The molecule has 0 heterocycles. The molecule has 0 spiro atoms. The largest absolute Gasteiger partial charge is 0.479 e. The Labute approximate surface area is 69.6 Å². The van der Waals surface area contributed by atoms with Crippen LogP contribution in [0, 0.1) is 0 Å². The van der Waals surface area contributed by atoms with Gasteiger partial charge in [0.15, 0.2) is 6.61 Å². The Bertz CT molecular complexity index is 169. The maximum absolute atomic E-state index is 10.7. The number of hydrogen-bond acceptors (Lipinski definition) is 4. The number of nitrogens with one attached hydrogen (secondary N) is 1. The lowest BCUT2D eigenvalue weighted by Crippen LogP contribution is -2.31. The molecule has 0 aliphatic heterocycles. The molecule has 4 N–H and O–H groups in total. The number of carbonyl (C=O) groups is 2. The number of rotatable bonds is 5. The minimum Gasteiger partial charge on any atom is -0.479 e. The third-order valence-electron chi connectivity index (χ3n) is 0.889. The Morgan fingerprint density at radius 3 is 2.67 bits per heavy atom. The quantitative estimate of drug-likeness (QED) is 0.459. The van der Waals surface area contributed by atoms with E-state index in [1.165, 1.54) is 0 Å². The van der Waals surface area contributed by atoms with Crippen molar-refractivity contribution in [2.45, 2.75) is 19.4 Å². The molecule has 1 atom stereocenters. The first-order chi connectivity index (χ1) is 5.52. The topological polar surface area (TPSA) is 102 Å². The lowest BCUT2D eigenvalue weighted by atomic mass is 10.2. The second-order valence-electron chi connectivity index (χ2n) is 2.39. The van der Waals surface area contributed by atoms with Crippen LogP contribution in [0.2, 0.25) is 0 Å². The third-order valence-corrected chi connectivity index (χ3v) is 0.889. The van der Waals surface area contributed by atoms with E-state index in [1.807, 2.05) is 5.48 Å². The fourth-order valence-electron chi connectivity index (χ4n) is 0.512. The van der Waals surface area contributed by atoms with Gasteiger partial charge in [-0.05, 0) is 6.92 Å². The highest BCUT2D eigenvalue weighted by atomic mass is 16.7. The normalized spacial score (nSPS) is 12.2. The molecule has 1 unspecified atom stereocenters. The number of amides is 1. The molecule has 0 bridgehead atoms. The lowest BCUT2D eigenvalue weighted by molar-refractivity contribution is -0.149. The summed E-state index contributed by atoms with van der Waals surface area (Å²) < 4.78 is 0. The van der Waals surface area contributed by atoms with E-state index in [-0.39, 0.29) is 12.5 Å². The van der Waals surface area contributed by atoms with Gasteiger partial charge in [-0.2, -0.15) is 0 Å². The van der Waals surface area contributed by atoms with E-state index in [4.69, 9.17) is 10.8 Å². The summed E-state index contributed by atoms with van der Waals surface area (Å²) in [7, 11) is 0. The molecule has 0 aliphatic carbocycles. The molecular formula is C6H12N2O4. The number of carboxylic acid groups (broad SMARTS) is 1. The summed E-state index contributed by atoms with van der Waals surface area (Å²) in [4.78, 5) is 24.9. The molecule has 1 amide bonds. The first-order valence-electron chi connectivity index (χ1n) is 3.40. The molecule has 0 rings (SSSR count). The number of aliphatic carboxylic acids is 1. The third kappa shape index (κ3) is 6.97. The molecule has 6 heteroatoms. The van der Waals surface area contributed by atoms with Crippen molar-refractivity contribution in [3.8, 4) is 0 Å². The molecule has 70 valence electrons. The van der Waals surface area contributed by atoms with Crippen LogP contribution in [0.3, 0.4) is 0 Å². The lowest BCUT2D eigenvalue weighted by Gasteiger charge is -2.05. The van der Waals surface area contributed by atoms with Gasteiger partial charge in [0.25, 0.3) is 0 Å². The van der Waals surface area contributed by atoms with Gasteiger partial charge in [0.05, 0.1) is 0 Å². The second-order valence-corrected chi connectivity index (χ2v) is 2.39. The monoisotopic (exact) mass is 176 g/mol. The summed E-state index contributed by atoms with van der Waals surface area (Å²) in [5.74, 6) is -1.57. The van der Waals surface area contributed by atoms with Crippen LogP contribution < -0.4 is 11.2 Å². The minimum absolute atomic E-state index is 0.111. The van der Waals surface area contributed by atoms with Crippen molar-refractivity contribution in [3.05, 3.63) is 0 Å². The Balaban J connectivity index is 3.38. The minimum atomic E-state index is -1.14. The average molecular weight is 176 g/mol. The van der Waals surface area contributed by atoms with Crippen molar-refractivity contribution in [2.24, 2.45) is 5.73 Å². The summed E-state index contributed by atoms with van der Waals surface area (Å²) >= 11 is 0. The van der Waals surface area contributed by atoms with Gasteiger partial charge in [0.1, 0.15) is 0 Å². The van der Waals surface area contributed by atoms with Crippen molar-refractivity contribution in [1.29, 1.82) is 0 Å². The highest BCUT2D eigenvalue weighted by Gasteiger charge is 2.05. The van der Waals surface area contributed by atoms with Crippen LogP contribution in [0.15, 0.2) is 0 Å². The standard InChI is InChI=1S/C6H12N2O4/c1-4(7)2-5(9)8-12-3-6(10)11/h4H,2-3,7H2,1H3,(H,8,9)(H,10,11). The maximum Gasteiger partial charge on any atom is 0.332 e. The number of carboxylic acids is 1. The molecule has 12 heavy (non-hydrogen) atoms. The van der Waals surface area contributed by atoms with E-state index in [0.29, 0.717) is 0 Å². The summed E-state index contributed by atoms with van der Waals surface area (Å²) in [6.07, 6.45) is 0.111. The SMILES string of the molecule is CC(N)CC(=O)NOCC(=O)O. The molecule has 0 saturated heterocycles. The Hall–Kier alpha value is -1.14. The zero-order valence-corrected chi connectivity index (χ0v) is 6.74. The van der Waals surface area contributed by atoms with E-state index >= 15 is 0 Å². The van der Waals surface area contributed by atoms with Crippen molar-refractivity contribution in [1.82, 2.24) is 5.48 Å². The highest BCUT2D eigenvalue weighted by Crippen LogP contribution is 1.84. The van der Waals surface area contributed by atoms with Gasteiger partial charge in [-0.15, -0.1) is 0 Å². The predicted molar refractivity (Wildman–Crippen MR) is 40.0 cm³/mol. The zero-order valence-electron chi connectivity index (χ0n) is 6.74. The fraction of sp³-hybridized carbons (Fsp3) is 0.667. The van der Waals surface area contributed by atoms with Gasteiger partial charge >= 0.3 is 5.97 Å². The van der Waals surface area contributed by atoms with Gasteiger partial charge in [0.2, 0.25) is 5.91 Å². The highest BCUT2D eigenvalue weighted by molar-refractivity contribution is 5.75. The molecule has 0 aromatic rings. The van der Waals surface area contributed by atoms with Crippen molar-refractivity contribution >= 4 is 11.9 Å². The van der Waals surface area contributed by atoms with Crippen molar-refractivity contribution in [3.63, 3.8) is 0 Å². The summed E-state index contributed by atoms with van der Waals surface area (Å²) in [5.41, 5.74) is 7.24. The van der Waals surface area contributed by atoms with Crippen LogP contribution in [0.25, 0.3) is 0 Å². The summed E-state index contributed by atoms with van der Waals surface area (Å²) in [5, 5.41) is 8.11. The van der Waals surface area contributed by atoms with E-state index in [9.17, 15) is 9.59 Å². The summed E-state index contributed by atoms with van der Waals surface area (Å²) in [6.45, 7) is 1.11. The Kier molecular flexibility index (Phi) is 4.98. The number of hydrogen-bond donors (Lipinski definition) is 3. The summed E-state index contributed by atoms with van der Waals surface area (Å²) in [6, 6.07) is -0.265. The molecule has 0 fully saturated rings. The Morgan fingerprint density at radius 2 is 2.25 bits per heavy atom. The van der Waals surface area contributed by atoms with Crippen LogP contribution >= 0.6 is 0 Å². The van der Waals surface area contributed by atoms with Crippen LogP contribution in [0.1, 0.15) is 13.3 Å². The number of hydroxylamine groups is 1. The molecule has 0 aromatic carbocycles. The van der Waals surface area contributed by atoms with Gasteiger partial charge in [-0.25, -0.2) is 10.3 Å². The average Bonchev–Trinajstić information content (AvgIpc) is 1.84.